The molecule has 0 amide bonds. The fraction of sp³-hybridized carbons (Fsp3) is 0.312. The molecule has 0 saturated carbocycles. The van der Waals surface area contributed by atoms with Gasteiger partial charge < -0.3 is 4.55 Å². The molecular weight excluding hydrogens is 403 g/mol. The maximum atomic E-state index is 13.4. The van der Waals surface area contributed by atoms with Crippen LogP contribution >= 0.6 is 27.5 Å². The standard InChI is InChI=1S/C16H17BrClFN2OS/c1-16(2,3)23(22)21-15(13-5-4-6-14(17)20-13)10-7-8-12(19)11(18)9-10/h4-9,15,21H,1-3H3/t15-,23?/m1/s1. The van der Waals surface area contributed by atoms with E-state index in [-0.39, 0.29) is 5.02 Å². The molecule has 0 bridgehead atoms. The second kappa shape index (κ2) is 7.49. The number of nitrogens with zero attached hydrogens (tertiary/aromatic N) is 1. The molecule has 0 aliphatic rings. The Bertz CT molecular complexity index is 696. The van der Waals surface area contributed by atoms with E-state index in [4.69, 9.17) is 11.6 Å². The van der Waals surface area contributed by atoms with E-state index >= 15 is 0 Å². The average molecular weight is 420 g/mol. The topological polar surface area (TPSA) is 48.0 Å². The molecule has 0 aliphatic heterocycles. The monoisotopic (exact) mass is 418 g/mol. The van der Waals surface area contributed by atoms with Crippen LogP contribution in [0.5, 0.6) is 0 Å². The fourth-order valence-corrected chi connectivity index (χ4v) is 3.23. The molecule has 0 spiro atoms. The van der Waals surface area contributed by atoms with Gasteiger partial charge in [-0.05, 0) is 66.5 Å². The summed E-state index contributed by atoms with van der Waals surface area (Å²) in [6.45, 7) is 5.62. The van der Waals surface area contributed by atoms with E-state index in [1.165, 1.54) is 12.1 Å². The third-order valence-electron chi connectivity index (χ3n) is 3.09. The lowest BCUT2D eigenvalue weighted by atomic mass is 10.0. The van der Waals surface area contributed by atoms with Gasteiger partial charge in [0.25, 0.3) is 0 Å². The van der Waals surface area contributed by atoms with E-state index in [1.54, 1.807) is 12.1 Å². The molecule has 124 valence electrons. The Kier molecular flexibility index (Phi) is 6.08. The van der Waals surface area contributed by atoms with Crippen molar-refractivity contribution in [2.45, 2.75) is 31.6 Å². The van der Waals surface area contributed by atoms with Crippen LogP contribution in [0.15, 0.2) is 41.0 Å². The van der Waals surface area contributed by atoms with Gasteiger partial charge >= 0.3 is 0 Å². The Labute approximate surface area is 152 Å². The molecule has 23 heavy (non-hydrogen) atoms. The predicted molar refractivity (Wildman–Crippen MR) is 96.2 cm³/mol. The number of pyridine rings is 1. The highest BCUT2D eigenvalue weighted by Gasteiger charge is 2.31. The summed E-state index contributed by atoms with van der Waals surface area (Å²) in [7, 11) is 0. The zero-order valence-electron chi connectivity index (χ0n) is 12.9. The number of aromatic nitrogens is 1. The van der Waals surface area contributed by atoms with Crippen molar-refractivity contribution in [3.63, 3.8) is 0 Å². The summed E-state index contributed by atoms with van der Waals surface area (Å²) >= 11 is 7.90. The maximum Gasteiger partial charge on any atom is 0.141 e. The van der Waals surface area contributed by atoms with E-state index in [0.29, 0.717) is 15.9 Å². The molecule has 1 aromatic carbocycles. The molecule has 1 heterocycles. The molecule has 0 fully saturated rings. The third-order valence-corrected chi connectivity index (χ3v) is 5.38. The lowest BCUT2D eigenvalue weighted by Gasteiger charge is -2.28. The van der Waals surface area contributed by atoms with Gasteiger partial charge in [0.05, 0.1) is 10.7 Å². The highest BCUT2D eigenvalue weighted by atomic mass is 79.9. The van der Waals surface area contributed by atoms with Gasteiger partial charge in [-0.2, -0.15) is 0 Å². The zero-order chi connectivity index (χ0) is 17.2. The largest absolute Gasteiger partial charge is 0.598 e. The van der Waals surface area contributed by atoms with Crippen LogP contribution in [-0.2, 0) is 11.4 Å². The molecule has 3 nitrogen and oxygen atoms in total. The van der Waals surface area contributed by atoms with Gasteiger partial charge in [0.1, 0.15) is 21.2 Å². The number of rotatable bonds is 4. The second-order valence-electron chi connectivity index (χ2n) is 5.99. The molecule has 1 N–H and O–H groups in total. The van der Waals surface area contributed by atoms with E-state index < -0.39 is 28.0 Å². The Hall–Kier alpha value is -0.660. The number of hydrogen-bond donors (Lipinski definition) is 1. The van der Waals surface area contributed by atoms with Gasteiger partial charge in [-0.15, -0.1) is 4.72 Å². The minimum atomic E-state index is -1.33. The molecule has 0 saturated heterocycles. The van der Waals surface area contributed by atoms with Crippen LogP contribution in [0.1, 0.15) is 38.1 Å². The third kappa shape index (κ3) is 4.90. The molecule has 0 radical (unpaired) electrons. The van der Waals surface area contributed by atoms with Gasteiger partial charge in [-0.3, -0.25) is 0 Å². The van der Waals surface area contributed by atoms with Crippen LogP contribution in [-0.4, -0.2) is 14.3 Å². The van der Waals surface area contributed by atoms with Crippen LogP contribution in [0.4, 0.5) is 4.39 Å². The SMILES string of the molecule is CC(C)(C)[S+]([O-])N[C@H](c1ccc(F)c(Cl)c1)c1cccc(Br)n1. The van der Waals surface area contributed by atoms with Crippen LogP contribution in [0.3, 0.4) is 0 Å². The molecular formula is C16H17BrClFN2OS. The molecule has 1 aromatic heterocycles. The normalized spacial score (nSPS) is 14.6. The highest BCUT2D eigenvalue weighted by Crippen LogP contribution is 2.28. The number of nitrogens with one attached hydrogen (secondary N) is 1. The number of hydrogen-bond acceptors (Lipinski definition) is 3. The van der Waals surface area contributed by atoms with Crippen molar-refractivity contribution in [3.8, 4) is 0 Å². The summed E-state index contributed by atoms with van der Waals surface area (Å²) in [6, 6.07) is 9.43. The van der Waals surface area contributed by atoms with Crippen LogP contribution < -0.4 is 4.72 Å². The highest BCUT2D eigenvalue weighted by molar-refractivity contribution is 9.10. The van der Waals surface area contributed by atoms with Crippen LogP contribution in [0, 0.1) is 5.82 Å². The van der Waals surface area contributed by atoms with Gasteiger partial charge in [0.15, 0.2) is 0 Å². The van der Waals surface area contributed by atoms with E-state index in [9.17, 15) is 8.94 Å². The first-order valence-corrected chi connectivity index (χ1v) is 9.26. The minimum Gasteiger partial charge on any atom is -0.598 e. The smallest absolute Gasteiger partial charge is 0.141 e. The van der Waals surface area contributed by atoms with Gasteiger partial charge in [-0.1, -0.05) is 23.7 Å². The average Bonchev–Trinajstić information content (AvgIpc) is 2.46. The first kappa shape index (κ1) is 18.7. The number of halogens is 3. The first-order chi connectivity index (χ1) is 10.7. The second-order valence-corrected chi connectivity index (χ2v) is 9.21. The Morgan fingerprint density at radius 1 is 1.30 bits per heavy atom. The van der Waals surface area contributed by atoms with Crippen molar-refractivity contribution < 1.29 is 8.94 Å². The van der Waals surface area contributed by atoms with Crippen molar-refractivity contribution in [1.29, 1.82) is 0 Å². The summed E-state index contributed by atoms with van der Waals surface area (Å²) in [5.41, 5.74) is 1.36. The lowest BCUT2D eigenvalue weighted by Crippen LogP contribution is -2.41. The van der Waals surface area contributed by atoms with Crippen LogP contribution in [0.2, 0.25) is 5.02 Å². The number of benzene rings is 1. The summed E-state index contributed by atoms with van der Waals surface area (Å²) in [5.74, 6) is -0.492. The zero-order valence-corrected chi connectivity index (χ0v) is 16.1. The molecule has 1 unspecified atom stereocenters. The fourth-order valence-electron chi connectivity index (χ4n) is 1.86. The Morgan fingerprint density at radius 3 is 2.57 bits per heavy atom. The van der Waals surface area contributed by atoms with Gasteiger partial charge in [0.2, 0.25) is 0 Å². The van der Waals surface area contributed by atoms with Crippen molar-refractivity contribution in [3.05, 3.63) is 63.1 Å². The van der Waals surface area contributed by atoms with Crippen molar-refractivity contribution in [2.75, 3.05) is 0 Å². The summed E-state index contributed by atoms with van der Waals surface area (Å²) in [6.07, 6.45) is 0. The van der Waals surface area contributed by atoms with Gasteiger partial charge in [0, 0.05) is 11.4 Å². The first-order valence-electron chi connectivity index (χ1n) is 6.94. The maximum absolute atomic E-state index is 13.4. The Balaban J connectivity index is 2.44. The quantitative estimate of drug-likeness (QED) is 0.573. The molecule has 0 aliphatic carbocycles. The Morgan fingerprint density at radius 2 is 2.00 bits per heavy atom. The summed E-state index contributed by atoms with van der Waals surface area (Å²) < 4.78 is 29.2. The van der Waals surface area contributed by atoms with Crippen molar-refractivity contribution in [1.82, 2.24) is 9.71 Å². The summed E-state index contributed by atoms with van der Waals surface area (Å²) in [4.78, 5) is 4.42. The molecule has 2 aromatic rings. The van der Waals surface area contributed by atoms with Crippen molar-refractivity contribution >= 4 is 38.9 Å². The van der Waals surface area contributed by atoms with E-state index in [2.05, 4.69) is 25.6 Å². The van der Waals surface area contributed by atoms with Crippen molar-refractivity contribution in [2.24, 2.45) is 0 Å². The molecule has 2 rings (SSSR count). The van der Waals surface area contributed by atoms with E-state index in [0.717, 1.165) is 0 Å². The minimum absolute atomic E-state index is 0.0193. The lowest BCUT2D eigenvalue weighted by molar-refractivity contribution is 0.533. The molecule has 7 heteroatoms. The molecule has 2 atom stereocenters. The van der Waals surface area contributed by atoms with E-state index in [1.807, 2.05) is 32.9 Å². The van der Waals surface area contributed by atoms with Gasteiger partial charge in [-0.25, -0.2) is 9.37 Å². The predicted octanol–water partition coefficient (Wildman–Crippen LogP) is 4.78. The summed E-state index contributed by atoms with van der Waals surface area (Å²) in [5, 5.41) is 0.0193. The van der Waals surface area contributed by atoms with Crippen LogP contribution in [0.25, 0.3) is 0 Å².